The molecule has 0 bridgehead atoms. The van der Waals surface area contributed by atoms with E-state index < -0.39 is 0 Å². The fourth-order valence-electron chi connectivity index (χ4n) is 6.07. The monoisotopic (exact) mass is 557 g/mol. The Morgan fingerprint density at radius 1 is 0.571 bits per heavy atom. The highest BCUT2D eigenvalue weighted by Crippen LogP contribution is 2.46. The highest BCUT2D eigenvalue weighted by Gasteiger charge is 2.31. The number of allylic oxidation sites excluding steroid dienone is 1. The van der Waals surface area contributed by atoms with Gasteiger partial charge in [-0.15, -0.1) is 11.3 Å². The van der Waals surface area contributed by atoms with Crippen LogP contribution in [0.5, 0.6) is 0 Å². The van der Waals surface area contributed by atoms with Crippen molar-refractivity contribution in [2.24, 2.45) is 5.92 Å². The molecule has 1 aliphatic carbocycles. The van der Waals surface area contributed by atoms with Crippen molar-refractivity contribution in [2.45, 2.75) is 12.8 Å². The Hall–Kier alpha value is -4.93. The Morgan fingerprint density at radius 3 is 2.05 bits per heavy atom. The van der Waals surface area contributed by atoms with Gasteiger partial charge in [0.25, 0.3) is 0 Å². The van der Waals surface area contributed by atoms with Gasteiger partial charge in [0.1, 0.15) is 5.82 Å². The molecule has 0 saturated carbocycles. The molecule has 0 radical (unpaired) electrons. The van der Waals surface area contributed by atoms with Gasteiger partial charge in [0, 0.05) is 20.7 Å². The Balaban J connectivity index is 1.31. The van der Waals surface area contributed by atoms with Crippen molar-refractivity contribution in [1.82, 2.24) is 15.0 Å². The lowest BCUT2D eigenvalue weighted by Crippen LogP contribution is -2.17. The molecule has 42 heavy (non-hydrogen) atoms. The third kappa shape index (κ3) is 4.32. The van der Waals surface area contributed by atoms with Crippen LogP contribution in [-0.4, -0.2) is 15.0 Å². The second kappa shape index (κ2) is 10.2. The first-order chi connectivity index (χ1) is 20.7. The normalized spacial score (nSPS) is 16.1. The van der Waals surface area contributed by atoms with Crippen LogP contribution < -0.4 is 0 Å². The Morgan fingerprint density at radius 2 is 1.21 bits per heavy atom. The van der Waals surface area contributed by atoms with Gasteiger partial charge >= 0.3 is 0 Å². The smallest absolute Gasteiger partial charge is 0.163 e. The zero-order chi connectivity index (χ0) is 28.0. The van der Waals surface area contributed by atoms with E-state index in [9.17, 15) is 0 Å². The quantitative estimate of drug-likeness (QED) is 0.216. The van der Waals surface area contributed by atoms with Gasteiger partial charge in [-0.2, -0.15) is 0 Å². The van der Waals surface area contributed by atoms with Crippen LogP contribution in [0.3, 0.4) is 0 Å². The summed E-state index contributed by atoms with van der Waals surface area (Å²) in [6.07, 6.45) is 4.58. The number of benzene rings is 5. The van der Waals surface area contributed by atoms with Gasteiger partial charge in [0.2, 0.25) is 0 Å². The summed E-state index contributed by atoms with van der Waals surface area (Å²) in [6.45, 7) is 2.27. The second-order valence-corrected chi connectivity index (χ2v) is 12.0. The van der Waals surface area contributed by atoms with Crippen molar-refractivity contribution in [1.29, 1.82) is 0 Å². The average Bonchev–Trinajstić information content (AvgIpc) is 3.43. The summed E-state index contributed by atoms with van der Waals surface area (Å²) in [4.78, 5) is 16.8. The van der Waals surface area contributed by atoms with E-state index in [1.807, 2.05) is 17.4 Å². The number of hydrogen-bond donors (Lipinski definition) is 0. The van der Waals surface area contributed by atoms with E-state index in [1.54, 1.807) is 0 Å². The zero-order valence-corrected chi connectivity index (χ0v) is 23.9. The Kier molecular flexibility index (Phi) is 6.01. The first-order valence-electron chi connectivity index (χ1n) is 14.3. The number of thiophene rings is 1. The predicted molar refractivity (Wildman–Crippen MR) is 176 cm³/mol. The molecular weight excluding hydrogens is 531 g/mol. The van der Waals surface area contributed by atoms with Crippen LogP contribution in [0, 0.1) is 5.92 Å². The molecule has 8 rings (SSSR count). The molecule has 1 aliphatic rings. The van der Waals surface area contributed by atoms with E-state index >= 15 is 0 Å². The van der Waals surface area contributed by atoms with E-state index in [0.717, 1.165) is 17.0 Å². The van der Waals surface area contributed by atoms with Crippen molar-refractivity contribution in [3.63, 3.8) is 0 Å². The van der Waals surface area contributed by atoms with Gasteiger partial charge in [-0.25, -0.2) is 15.0 Å². The minimum Gasteiger partial charge on any atom is -0.212 e. The summed E-state index contributed by atoms with van der Waals surface area (Å²) in [5.41, 5.74) is 5.66. The Labute approximate surface area is 248 Å². The zero-order valence-electron chi connectivity index (χ0n) is 23.1. The summed E-state index contributed by atoms with van der Waals surface area (Å²) in [5, 5.41) is 3.67. The maximum Gasteiger partial charge on any atom is 0.163 e. The average molecular weight is 558 g/mol. The van der Waals surface area contributed by atoms with Crippen molar-refractivity contribution < 1.29 is 0 Å². The Bertz CT molecular complexity index is 2110. The van der Waals surface area contributed by atoms with E-state index in [1.165, 1.54) is 42.4 Å². The third-order valence-corrected chi connectivity index (χ3v) is 9.39. The van der Waals surface area contributed by atoms with Crippen molar-refractivity contribution in [3.8, 4) is 33.9 Å². The lowest BCUT2D eigenvalue weighted by molar-refractivity contribution is 0.590. The summed E-state index contributed by atoms with van der Waals surface area (Å²) in [7, 11) is 0. The van der Waals surface area contributed by atoms with Gasteiger partial charge in [0.15, 0.2) is 11.6 Å². The van der Waals surface area contributed by atoms with Crippen molar-refractivity contribution in [3.05, 3.63) is 144 Å². The summed E-state index contributed by atoms with van der Waals surface area (Å²) < 4.78 is 1.30. The minimum atomic E-state index is 0.0331. The van der Waals surface area contributed by atoms with Crippen LogP contribution in [0.4, 0.5) is 0 Å². The summed E-state index contributed by atoms with van der Waals surface area (Å²) >= 11 is 1.84. The van der Waals surface area contributed by atoms with Gasteiger partial charge in [-0.05, 0) is 57.0 Å². The van der Waals surface area contributed by atoms with Crippen LogP contribution in [-0.2, 0) is 0 Å². The van der Waals surface area contributed by atoms with Crippen LogP contribution in [0.25, 0.3) is 60.8 Å². The van der Waals surface area contributed by atoms with Gasteiger partial charge in [-0.1, -0.05) is 122 Å². The molecule has 0 fully saturated rings. The van der Waals surface area contributed by atoms with E-state index in [-0.39, 0.29) is 11.8 Å². The fraction of sp³-hybridized carbons (Fsp3) is 0.0789. The van der Waals surface area contributed by atoms with Gasteiger partial charge < -0.3 is 0 Å². The lowest BCUT2D eigenvalue weighted by Gasteiger charge is -2.25. The standard InChI is InChI=1S/C38H27N3S/c1-24-15-22-33-35(31-13-7-8-14-32(31)42-33)34(24)38-40-36(28-19-16-27(17-20-28)25-9-3-2-4-10-25)39-37(41-38)30-21-18-26-11-5-6-12-29(26)23-30/h2-24,34H,1H3. The van der Waals surface area contributed by atoms with Gasteiger partial charge in [-0.3, -0.25) is 0 Å². The second-order valence-electron chi connectivity index (χ2n) is 10.9. The first kappa shape index (κ1) is 24.8. The molecule has 2 heterocycles. The van der Waals surface area contributed by atoms with Crippen molar-refractivity contribution in [2.75, 3.05) is 0 Å². The largest absolute Gasteiger partial charge is 0.212 e. The number of rotatable bonds is 4. The topological polar surface area (TPSA) is 38.7 Å². The lowest BCUT2D eigenvalue weighted by atomic mass is 9.81. The minimum absolute atomic E-state index is 0.0331. The molecule has 7 aromatic rings. The molecule has 0 aliphatic heterocycles. The molecule has 4 heteroatoms. The maximum atomic E-state index is 5.21. The molecule has 0 amide bonds. The molecule has 2 atom stereocenters. The highest BCUT2D eigenvalue weighted by molar-refractivity contribution is 7.20. The molecule has 5 aromatic carbocycles. The molecule has 3 nitrogen and oxygen atoms in total. The summed E-state index contributed by atoms with van der Waals surface area (Å²) in [5.74, 6) is 2.50. The van der Waals surface area contributed by atoms with Crippen molar-refractivity contribution >= 4 is 38.3 Å². The number of hydrogen-bond acceptors (Lipinski definition) is 4. The highest BCUT2D eigenvalue weighted by atomic mass is 32.1. The molecule has 200 valence electrons. The molecule has 0 spiro atoms. The molecule has 2 unspecified atom stereocenters. The molecule has 0 saturated heterocycles. The van der Waals surface area contributed by atoms with E-state index in [4.69, 9.17) is 15.0 Å². The van der Waals surface area contributed by atoms with E-state index in [0.29, 0.717) is 11.6 Å². The predicted octanol–water partition coefficient (Wildman–Crippen LogP) is 10.0. The molecule has 0 N–H and O–H groups in total. The number of aromatic nitrogens is 3. The van der Waals surface area contributed by atoms with Gasteiger partial charge in [0.05, 0.1) is 5.92 Å². The molecule has 2 aromatic heterocycles. The van der Waals surface area contributed by atoms with E-state index in [2.05, 4.69) is 134 Å². The fourth-order valence-corrected chi connectivity index (χ4v) is 7.23. The summed E-state index contributed by atoms with van der Waals surface area (Å²) in [6, 6.07) is 42.6. The molecular formula is C38H27N3S. The van der Waals surface area contributed by atoms with Crippen LogP contribution in [0.15, 0.2) is 127 Å². The third-order valence-electron chi connectivity index (χ3n) is 8.24. The maximum absolute atomic E-state index is 5.21. The number of fused-ring (bicyclic) bond motifs is 4. The van der Waals surface area contributed by atoms with Crippen LogP contribution in [0.2, 0.25) is 0 Å². The number of nitrogens with zero attached hydrogens (tertiary/aromatic N) is 3. The first-order valence-corrected chi connectivity index (χ1v) is 15.1. The van der Waals surface area contributed by atoms with Crippen LogP contribution in [0.1, 0.15) is 29.1 Å². The van der Waals surface area contributed by atoms with Crippen LogP contribution >= 0.6 is 11.3 Å². The SMILES string of the molecule is CC1C=Cc2sc3ccccc3c2C1c1nc(-c2ccc(-c3ccccc3)cc2)nc(-c2ccc3ccccc3c2)n1.